The number of H-pyrrole nitrogens is 5. The summed E-state index contributed by atoms with van der Waals surface area (Å²) in [5.41, 5.74) is 12.6. The molecular weight excluding hydrogens is 1640 g/mol. The fourth-order valence-corrected chi connectivity index (χ4v) is 15.0. The molecule has 4 amide bonds. The van der Waals surface area contributed by atoms with E-state index in [1.807, 2.05) is 139 Å². The summed E-state index contributed by atoms with van der Waals surface area (Å²) in [5, 5.41) is 6.82. The molecule has 692 valence electrons. The van der Waals surface area contributed by atoms with Crippen LogP contribution in [0.1, 0.15) is 270 Å². The lowest BCUT2D eigenvalue weighted by Gasteiger charge is -2.23. The fraction of sp³-hybridized carbons (Fsp3) is 0.582. The molecule has 0 saturated heterocycles. The average Bonchev–Trinajstić information content (AvgIpc) is 1.64. The van der Waals surface area contributed by atoms with Crippen LogP contribution in [0.4, 0.5) is 5.69 Å². The number of hydrogen-bond acceptors (Lipinski definition) is 23. The number of esters is 5. The number of aromatic amines is 5. The molecule has 7 N–H and O–H groups in total. The predicted molar refractivity (Wildman–Crippen MR) is 486 cm³/mol. The number of likely N-dealkylation sites (N-methyl/N-ethyl adjacent to an activating group) is 4. The van der Waals surface area contributed by atoms with Crippen molar-refractivity contribution in [1.29, 1.82) is 0 Å². The van der Waals surface area contributed by atoms with Gasteiger partial charge >= 0.3 is 29.8 Å². The fourth-order valence-electron chi connectivity index (χ4n) is 14.4. The Morgan fingerprint density at radius 1 is 0.512 bits per heavy atom. The van der Waals surface area contributed by atoms with Crippen molar-refractivity contribution in [3.8, 4) is 0 Å². The summed E-state index contributed by atoms with van der Waals surface area (Å²) in [7, 11) is 12.6. The predicted octanol–water partition coefficient (Wildman–Crippen LogP) is 11.6. The van der Waals surface area contributed by atoms with Gasteiger partial charge in [0, 0.05) is 122 Å². The smallest absolute Gasteiger partial charge is 0.355 e. The second-order valence-corrected chi connectivity index (χ2v) is 37.7. The molecule has 0 aliphatic carbocycles. The first-order valence-electron chi connectivity index (χ1n) is 42.8. The van der Waals surface area contributed by atoms with E-state index in [-0.39, 0.29) is 54.7 Å². The third-order valence-electron chi connectivity index (χ3n) is 20.6. The maximum Gasteiger partial charge on any atom is 0.355 e. The molecule has 0 fully saturated rings. The van der Waals surface area contributed by atoms with Gasteiger partial charge in [-0.25, -0.2) is 24.0 Å². The quantitative estimate of drug-likeness (QED) is 0.00550. The summed E-state index contributed by atoms with van der Waals surface area (Å²) in [6, 6.07) is 5.35. The maximum absolute atomic E-state index is 13.2. The molecule has 10 rings (SSSR count). The highest BCUT2D eigenvalue weighted by atomic mass is 35.5. The zero-order valence-electron chi connectivity index (χ0n) is 78.3. The van der Waals surface area contributed by atoms with Crippen molar-refractivity contribution in [2.75, 3.05) is 166 Å². The van der Waals surface area contributed by atoms with Crippen LogP contribution in [0, 0.1) is 34.6 Å². The molecule has 32 nitrogen and oxygen atoms in total. The zero-order chi connectivity index (χ0) is 93.5. The molecule has 0 saturated carbocycles. The van der Waals surface area contributed by atoms with Crippen molar-refractivity contribution < 1.29 is 84.2 Å². The Balaban J connectivity index is 0.000000243. The van der Waals surface area contributed by atoms with Gasteiger partial charge in [0.05, 0.1) is 65.2 Å². The Kier molecular flexibility index (Phi) is 38.8. The van der Waals surface area contributed by atoms with E-state index in [9.17, 15) is 56.4 Å². The molecule has 0 bridgehead atoms. The Labute approximate surface area is 743 Å². The minimum atomic E-state index is -3.53. The number of anilines is 1. The van der Waals surface area contributed by atoms with Gasteiger partial charge in [0.2, 0.25) is 0 Å². The third-order valence-corrected chi connectivity index (χ3v) is 21.4. The minimum absolute atomic E-state index is 0.00732. The topological polar surface area (TPSA) is 386 Å². The molecule has 4 aliphatic heterocycles. The van der Waals surface area contributed by atoms with Crippen LogP contribution >= 0.6 is 11.6 Å². The van der Waals surface area contributed by atoms with E-state index in [4.69, 9.17) is 39.5 Å². The minimum Gasteiger partial charge on any atom is -0.462 e. The normalized spacial score (nSPS) is 14.4. The van der Waals surface area contributed by atoms with Crippen molar-refractivity contribution in [3.05, 3.63) is 141 Å². The number of amides is 4. The molecule has 0 spiro atoms. The van der Waals surface area contributed by atoms with E-state index >= 15 is 0 Å². The van der Waals surface area contributed by atoms with Gasteiger partial charge in [-0.1, -0.05) is 11.6 Å². The number of carbonyl (C=O) groups is 10. The Morgan fingerprint density at radius 2 is 0.896 bits per heavy atom. The first kappa shape index (κ1) is 104. The van der Waals surface area contributed by atoms with Crippen LogP contribution in [0.25, 0.3) is 11.6 Å². The lowest BCUT2D eigenvalue weighted by molar-refractivity contribution is -0.110. The van der Waals surface area contributed by atoms with Crippen LogP contribution in [0.15, 0.2) is 18.2 Å². The van der Waals surface area contributed by atoms with E-state index in [2.05, 4.69) is 55.2 Å². The third kappa shape index (κ3) is 30.8. The van der Waals surface area contributed by atoms with Crippen LogP contribution in [0.3, 0.4) is 0 Å². The van der Waals surface area contributed by atoms with Crippen molar-refractivity contribution in [2.24, 2.45) is 0 Å². The highest BCUT2D eigenvalue weighted by Gasteiger charge is 2.36. The molecule has 0 unspecified atom stereocenters. The summed E-state index contributed by atoms with van der Waals surface area (Å²) < 4.78 is 53.2. The van der Waals surface area contributed by atoms with Crippen LogP contribution in [-0.4, -0.2) is 305 Å². The van der Waals surface area contributed by atoms with Crippen molar-refractivity contribution in [1.82, 2.24) is 64.5 Å². The molecule has 1 aromatic carbocycles. The number of benzene rings is 1. The Morgan fingerprint density at radius 3 is 1.29 bits per heavy atom. The first-order chi connectivity index (χ1) is 58.4. The molecule has 9 heterocycles. The second-order valence-electron chi connectivity index (χ2n) is 35.6. The average molecular weight is 1780 g/mol. The van der Waals surface area contributed by atoms with Gasteiger partial charge in [-0.15, -0.1) is 0 Å². The molecule has 125 heavy (non-hydrogen) atoms. The number of hydrogen-bond donors (Lipinski definition) is 7. The van der Waals surface area contributed by atoms with Gasteiger partial charge in [-0.3, -0.25) is 28.2 Å². The standard InChI is InChI=1S/C22H25ClN4O2.C20H35N3O4.C18H29N3O3.C17H27NO7S.C14H21N3O2/c1-13-19(12-16-15-11-14(23)6-7-17(15)25-21(16)28)24-18-5-4-8-27(10-9-26(2)3)22(29)20(13)18;1-8-26-18(24)16-14(2)17(19(25)27-20(3,4)5)22-15(16)10-9-11-21-12-13-23(6)7;1-12-14-13(19-15(12)17(23)24-18(2,3)4)8-7-9-21(16(14)22)11-10-20(5)6;1-7-23-15(19)13-11(2)14(16(20)25-17(3,4)5)18-12(13)9-8-10-24-26(6,21)22;1-10-12(9-18)15-11-5-4-6-17(8-7-16(2)3)14(19)13(10)11/h6-7,11-12,24H,4-5,8-10H2,1-3H3,(H,25,28);21-22H,8-13H2,1-7H3;19H,7-11H2,1-6H3;18H,7-10H2,1-6H3;9,15H,4-8H2,1-3H3/b16-12-;;;;. The summed E-state index contributed by atoms with van der Waals surface area (Å²) in [6.45, 7) is 38.7. The summed E-state index contributed by atoms with van der Waals surface area (Å²) in [6.07, 6.45) is 10.9. The monoisotopic (exact) mass is 1780 g/mol. The van der Waals surface area contributed by atoms with Crippen molar-refractivity contribution in [3.63, 3.8) is 0 Å². The lowest BCUT2D eigenvalue weighted by atomic mass is 10.0. The van der Waals surface area contributed by atoms with Crippen LogP contribution in [0.2, 0.25) is 5.02 Å². The number of rotatable bonds is 30. The molecule has 6 aromatic rings. The van der Waals surface area contributed by atoms with Crippen LogP contribution in [0.5, 0.6) is 0 Å². The van der Waals surface area contributed by atoms with E-state index in [1.54, 1.807) is 66.7 Å². The summed E-state index contributed by atoms with van der Waals surface area (Å²) >= 11 is 6.13. The lowest BCUT2D eigenvalue weighted by Crippen LogP contribution is -2.36. The van der Waals surface area contributed by atoms with Crippen LogP contribution < -0.4 is 10.6 Å². The number of aldehydes is 1. The van der Waals surface area contributed by atoms with E-state index in [0.717, 1.165) is 179 Å². The van der Waals surface area contributed by atoms with Crippen molar-refractivity contribution >= 4 is 98.8 Å². The second kappa shape index (κ2) is 46.6. The van der Waals surface area contributed by atoms with Gasteiger partial charge in [0.25, 0.3) is 33.7 Å². The highest BCUT2D eigenvalue weighted by molar-refractivity contribution is 7.86. The van der Waals surface area contributed by atoms with E-state index in [1.165, 1.54) is 0 Å². The van der Waals surface area contributed by atoms with E-state index < -0.39 is 56.8 Å². The molecular formula is C91H137ClN14O18S. The van der Waals surface area contributed by atoms with Crippen LogP contribution in [-0.2, 0) is 74.9 Å². The van der Waals surface area contributed by atoms with Gasteiger partial charge in [-0.2, -0.15) is 8.42 Å². The number of nitrogens with zero attached hydrogens (tertiary/aromatic N) is 7. The summed E-state index contributed by atoms with van der Waals surface area (Å²) in [5.74, 6) is -2.42. The number of fused-ring (bicyclic) bond motifs is 4. The maximum atomic E-state index is 13.2. The summed E-state index contributed by atoms with van der Waals surface area (Å²) in [4.78, 5) is 154. The highest BCUT2D eigenvalue weighted by Crippen LogP contribution is 2.37. The number of ether oxygens (including phenoxy) is 5. The number of aryl methyl sites for hydroxylation is 5. The van der Waals surface area contributed by atoms with Gasteiger partial charge in [-0.05, 0) is 290 Å². The molecule has 34 heteroatoms. The number of nitrogens with one attached hydrogen (secondary N) is 7. The molecule has 4 aliphatic rings. The Bertz CT molecular complexity index is 4920. The van der Waals surface area contributed by atoms with E-state index in [0.29, 0.717) is 99.1 Å². The Hall–Kier alpha value is -9.74. The first-order valence-corrected chi connectivity index (χ1v) is 45.0. The van der Waals surface area contributed by atoms with Gasteiger partial charge in [0.15, 0.2) is 6.29 Å². The number of aromatic nitrogens is 5. The zero-order valence-corrected chi connectivity index (χ0v) is 79.9. The van der Waals surface area contributed by atoms with Gasteiger partial charge < -0.3 is 93.5 Å². The molecule has 0 atom stereocenters. The SMILES string of the molecule is CCOC(=O)c1c(CCCNCCN(C)C)[nH]c(C(=O)OC(C)(C)C)c1C.CCOC(=O)c1c(CCCOS(C)(=O)=O)[nH]c(C(=O)OC(C)(C)C)c1C.Cc1c(/C=C2\C(=O)Nc3ccc(Cl)cc32)[nH]c2c1C(=O)N(CCN(C)C)CCC2.Cc1c(C(=O)OC(C)(C)C)[nH]c2c1C(=O)N(CCN(C)C)CCC2.Cc1c(C=O)[nH]c2c1C(=O)N(CCN(C)C)CCC2. The number of halogens is 1. The van der Waals surface area contributed by atoms with Gasteiger partial charge in [0.1, 0.15) is 33.9 Å². The molecule has 0 radical (unpaired) electrons. The van der Waals surface area contributed by atoms with Crippen molar-refractivity contribution in [2.45, 2.75) is 192 Å². The molecule has 5 aromatic heterocycles. The number of carbonyl (C=O) groups excluding carboxylic acids is 10. The largest absolute Gasteiger partial charge is 0.462 e.